The molecule has 20 heavy (non-hydrogen) atoms. The van der Waals surface area contributed by atoms with Gasteiger partial charge in [-0.25, -0.2) is 4.39 Å². The first kappa shape index (κ1) is 14.8. The molecule has 0 bridgehead atoms. The zero-order chi connectivity index (χ0) is 14.5. The van der Waals surface area contributed by atoms with E-state index in [9.17, 15) is 4.39 Å². The summed E-state index contributed by atoms with van der Waals surface area (Å²) < 4.78 is 19.8. The lowest BCUT2D eigenvalue weighted by Gasteiger charge is -2.13. The van der Waals surface area contributed by atoms with Gasteiger partial charge >= 0.3 is 0 Å². The monoisotopic (exact) mass is 275 g/mol. The quantitative estimate of drug-likeness (QED) is 0.815. The van der Waals surface area contributed by atoms with E-state index < -0.39 is 0 Å². The van der Waals surface area contributed by atoms with Gasteiger partial charge in [0.05, 0.1) is 11.6 Å². The lowest BCUT2D eigenvalue weighted by atomic mass is 10.1. The van der Waals surface area contributed by atoms with Crippen molar-refractivity contribution in [1.82, 2.24) is 5.32 Å². The molecular formula is C17H22FNO. The third kappa shape index (κ3) is 3.28. The first-order valence-electron chi connectivity index (χ1n) is 7.25. The van der Waals surface area contributed by atoms with Gasteiger partial charge in [-0.2, -0.15) is 0 Å². The molecule has 108 valence electrons. The molecule has 0 spiro atoms. The van der Waals surface area contributed by atoms with Gasteiger partial charge in [0.15, 0.2) is 0 Å². The molecule has 1 aromatic carbocycles. The number of furan rings is 1. The topological polar surface area (TPSA) is 25.2 Å². The molecule has 1 heterocycles. The molecule has 1 unspecified atom stereocenters. The number of hydrogen-bond donors (Lipinski definition) is 1. The van der Waals surface area contributed by atoms with E-state index in [1.807, 2.05) is 25.1 Å². The average molecular weight is 275 g/mol. The maximum absolute atomic E-state index is 14.0. The summed E-state index contributed by atoms with van der Waals surface area (Å²) in [5.74, 6) is 1.23. The molecule has 0 aliphatic carbocycles. The number of nitrogens with one attached hydrogen (secondary N) is 1. The van der Waals surface area contributed by atoms with Crippen molar-refractivity contribution >= 4 is 0 Å². The molecule has 0 radical (unpaired) electrons. The summed E-state index contributed by atoms with van der Waals surface area (Å²) in [6.07, 6.45) is 2.03. The highest BCUT2D eigenvalue weighted by molar-refractivity contribution is 5.59. The molecule has 0 fully saturated rings. The second kappa shape index (κ2) is 6.71. The van der Waals surface area contributed by atoms with E-state index >= 15 is 0 Å². The average Bonchev–Trinajstić information content (AvgIpc) is 2.89. The van der Waals surface area contributed by atoms with E-state index in [2.05, 4.69) is 19.2 Å². The standard InChI is InChI=1S/C17H22FNO/c1-4-10-19-15(5-2)17-9-8-16(20-17)13-7-6-12(3)11-14(13)18/h6-9,11,15,19H,4-5,10H2,1-3H3. The van der Waals surface area contributed by atoms with Crippen LogP contribution in [0.15, 0.2) is 34.7 Å². The van der Waals surface area contributed by atoms with Crippen molar-refractivity contribution in [2.45, 2.75) is 39.7 Å². The van der Waals surface area contributed by atoms with E-state index in [-0.39, 0.29) is 11.9 Å². The van der Waals surface area contributed by atoms with E-state index in [0.29, 0.717) is 11.3 Å². The molecule has 0 amide bonds. The second-order valence-electron chi connectivity index (χ2n) is 5.10. The lowest BCUT2D eigenvalue weighted by molar-refractivity contribution is 0.410. The minimum atomic E-state index is -0.236. The molecule has 2 nitrogen and oxygen atoms in total. The Labute approximate surface area is 120 Å². The van der Waals surface area contributed by atoms with Crippen LogP contribution in [0, 0.1) is 12.7 Å². The zero-order valence-corrected chi connectivity index (χ0v) is 12.4. The van der Waals surface area contributed by atoms with Gasteiger partial charge in [0.1, 0.15) is 17.3 Å². The Balaban J connectivity index is 2.23. The van der Waals surface area contributed by atoms with Crippen molar-refractivity contribution < 1.29 is 8.81 Å². The van der Waals surface area contributed by atoms with Gasteiger partial charge in [-0.3, -0.25) is 0 Å². The number of benzene rings is 1. The molecule has 1 atom stereocenters. The van der Waals surface area contributed by atoms with E-state index in [1.54, 1.807) is 6.07 Å². The van der Waals surface area contributed by atoms with Crippen LogP contribution in [-0.4, -0.2) is 6.54 Å². The summed E-state index contributed by atoms with van der Waals surface area (Å²) in [7, 11) is 0. The summed E-state index contributed by atoms with van der Waals surface area (Å²) in [5, 5.41) is 3.44. The summed E-state index contributed by atoms with van der Waals surface area (Å²) >= 11 is 0. The van der Waals surface area contributed by atoms with Gasteiger partial charge in [-0.1, -0.05) is 19.9 Å². The molecule has 0 aliphatic heterocycles. The highest BCUT2D eigenvalue weighted by atomic mass is 19.1. The van der Waals surface area contributed by atoms with Crippen LogP contribution in [-0.2, 0) is 0 Å². The Morgan fingerprint density at radius 3 is 2.65 bits per heavy atom. The van der Waals surface area contributed by atoms with Crippen LogP contribution in [0.4, 0.5) is 4.39 Å². The summed E-state index contributed by atoms with van der Waals surface area (Å²) in [5.41, 5.74) is 1.43. The Morgan fingerprint density at radius 1 is 1.20 bits per heavy atom. The highest BCUT2D eigenvalue weighted by Crippen LogP contribution is 2.28. The largest absolute Gasteiger partial charge is 0.459 e. The SMILES string of the molecule is CCCNC(CC)c1ccc(-c2ccc(C)cc2F)o1. The van der Waals surface area contributed by atoms with Crippen LogP contribution in [0.1, 0.15) is 44.1 Å². The van der Waals surface area contributed by atoms with Crippen LogP contribution >= 0.6 is 0 Å². The molecule has 1 aromatic heterocycles. The Morgan fingerprint density at radius 2 is 2.00 bits per heavy atom. The zero-order valence-electron chi connectivity index (χ0n) is 12.4. The molecule has 1 N–H and O–H groups in total. The predicted octanol–water partition coefficient (Wildman–Crippen LogP) is 4.84. The van der Waals surface area contributed by atoms with Crippen LogP contribution < -0.4 is 5.32 Å². The van der Waals surface area contributed by atoms with Gasteiger partial charge in [0.25, 0.3) is 0 Å². The molecule has 2 aromatic rings. The van der Waals surface area contributed by atoms with E-state index in [1.165, 1.54) is 6.07 Å². The van der Waals surface area contributed by atoms with E-state index in [4.69, 9.17) is 4.42 Å². The van der Waals surface area contributed by atoms with Crippen molar-refractivity contribution in [2.24, 2.45) is 0 Å². The highest BCUT2D eigenvalue weighted by Gasteiger charge is 2.15. The predicted molar refractivity (Wildman–Crippen MR) is 80.2 cm³/mol. The lowest BCUT2D eigenvalue weighted by Crippen LogP contribution is -2.20. The van der Waals surface area contributed by atoms with Crippen molar-refractivity contribution in [1.29, 1.82) is 0 Å². The minimum absolute atomic E-state index is 0.192. The fraction of sp³-hybridized carbons (Fsp3) is 0.412. The molecule has 0 aliphatic rings. The van der Waals surface area contributed by atoms with E-state index in [0.717, 1.165) is 30.7 Å². The van der Waals surface area contributed by atoms with Crippen LogP contribution in [0.3, 0.4) is 0 Å². The van der Waals surface area contributed by atoms with Crippen molar-refractivity contribution in [3.8, 4) is 11.3 Å². The molecule has 3 heteroatoms. The second-order valence-corrected chi connectivity index (χ2v) is 5.10. The number of halogens is 1. The van der Waals surface area contributed by atoms with Gasteiger partial charge in [-0.15, -0.1) is 0 Å². The molecule has 2 rings (SSSR count). The summed E-state index contributed by atoms with van der Waals surface area (Å²) in [6, 6.07) is 9.17. The molecule has 0 saturated carbocycles. The number of rotatable bonds is 6. The third-order valence-electron chi connectivity index (χ3n) is 3.41. The van der Waals surface area contributed by atoms with Gasteiger partial charge in [-0.05, 0) is 56.1 Å². The Hall–Kier alpha value is -1.61. The van der Waals surface area contributed by atoms with Crippen LogP contribution in [0.5, 0.6) is 0 Å². The van der Waals surface area contributed by atoms with Crippen LogP contribution in [0.25, 0.3) is 11.3 Å². The first-order chi connectivity index (χ1) is 9.65. The van der Waals surface area contributed by atoms with Crippen LogP contribution in [0.2, 0.25) is 0 Å². The third-order valence-corrected chi connectivity index (χ3v) is 3.41. The minimum Gasteiger partial charge on any atom is -0.459 e. The fourth-order valence-corrected chi connectivity index (χ4v) is 2.27. The number of hydrogen-bond acceptors (Lipinski definition) is 2. The maximum Gasteiger partial charge on any atom is 0.137 e. The maximum atomic E-state index is 14.0. The van der Waals surface area contributed by atoms with Gasteiger partial charge in [0, 0.05) is 0 Å². The van der Waals surface area contributed by atoms with Crippen molar-refractivity contribution in [2.75, 3.05) is 6.54 Å². The number of aryl methyl sites for hydroxylation is 1. The van der Waals surface area contributed by atoms with Gasteiger partial charge < -0.3 is 9.73 Å². The molecule has 0 saturated heterocycles. The summed E-state index contributed by atoms with van der Waals surface area (Å²) in [4.78, 5) is 0. The summed E-state index contributed by atoms with van der Waals surface area (Å²) in [6.45, 7) is 7.08. The fourth-order valence-electron chi connectivity index (χ4n) is 2.27. The molecular weight excluding hydrogens is 253 g/mol. The Bertz CT molecular complexity index is 562. The Kier molecular flexibility index (Phi) is 4.96. The van der Waals surface area contributed by atoms with Crippen molar-refractivity contribution in [3.63, 3.8) is 0 Å². The smallest absolute Gasteiger partial charge is 0.137 e. The first-order valence-corrected chi connectivity index (χ1v) is 7.25. The van der Waals surface area contributed by atoms with Gasteiger partial charge in [0.2, 0.25) is 0 Å². The van der Waals surface area contributed by atoms with Crippen molar-refractivity contribution in [3.05, 3.63) is 47.5 Å². The normalized spacial score (nSPS) is 12.6.